The molecule has 2 aromatic carbocycles. The van der Waals surface area contributed by atoms with E-state index in [1.807, 2.05) is 0 Å². The molecule has 23 heavy (non-hydrogen) atoms. The summed E-state index contributed by atoms with van der Waals surface area (Å²) in [5, 5.41) is 2.74. The molecule has 1 N–H and O–H groups in total. The smallest absolute Gasteiger partial charge is 0.309 e. The predicted molar refractivity (Wildman–Crippen MR) is 73.4 cm³/mol. The summed E-state index contributed by atoms with van der Waals surface area (Å²) in [6.45, 7) is -0.0535. The maximum absolute atomic E-state index is 12.8. The Morgan fingerprint density at radius 2 is 1.43 bits per heavy atom. The largest absolute Gasteiger partial charge is 0.416 e. The van der Waals surface area contributed by atoms with Crippen LogP contribution in [0.4, 0.5) is 26.3 Å². The quantitative estimate of drug-likeness (QED) is 0.775. The van der Waals surface area contributed by atoms with Gasteiger partial charge in [0, 0.05) is 13.1 Å². The molecule has 1 nitrogen and oxygen atoms in total. The Bertz CT molecular complexity index is 660. The minimum atomic E-state index is -4.46. The van der Waals surface area contributed by atoms with E-state index in [-0.39, 0.29) is 18.7 Å². The van der Waals surface area contributed by atoms with Gasteiger partial charge in [0.15, 0.2) is 0 Å². The Balaban J connectivity index is 2.04. The van der Waals surface area contributed by atoms with E-state index in [0.29, 0.717) is 5.56 Å². The lowest BCUT2D eigenvalue weighted by Gasteiger charge is -2.13. The first-order chi connectivity index (χ1) is 10.7. The topological polar surface area (TPSA) is 12.0 Å². The number of nitrogens with one attached hydrogen (secondary N) is 1. The molecule has 0 atom stereocenters. The highest BCUT2D eigenvalue weighted by molar-refractivity contribution is 5.30. The van der Waals surface area contributed by atoms with Gasteiger partial charge in [0.05, 0.1) is 11.1 Å². The van der Waals surface area contributed by atoms with E-state index in [1.54, 1.807) is 0 Å². The van der Waals surface area contributed by atoms with Crippen molar-refractivity contribution in [2.45, 2.75) is 25.4 Å². The molecule has 0 aromatic heterocycles. The summed E-state index contributed by atoms with van der Waals surface area (Å²) in [6.07, 6.45) is -8.91. The lowest BCUT2D eigenvalue weighted by atomic mass is 10.1. The molecular formula is C16H13F6N. The van der Waals surface area contributed by atoms with Gasteiger partial charge in [-0.3, -0.25) is 0 Å². The average Bonchev–Trinajstić information content (AvgIpc) is 2.46. The fourth-order valence-electron chi connectivity index (χ4n) is 2.15. The van der Waals surface area contributed by atoms with E-state index >= 15 is 0 Å². The van der Waals surface area contributed by atoms with Crippen molar-refractivity contribution in [1.29, 1.82) is 0 Å². The van der Waals surface area contributed by atoms with Crippen LogP contribution >= 0.6 is 0 Å². The van der Waals surface area contributed by atoms with Crippen LogP contribution in [-0.4, -0.2) is 0 Å². The van der Waals surface area contributed by atoms with E-state index < -0.39 is 23.5 Å². The maximum Gasteiger partial charge on any atom is 0.416 e. The van der Waals surface area contributed by atoms with Crippen LogP contribution in [0.15, 0.2) is 48.5 Å². The van der Waals surface area contributed by atoms with Gasteiger partial charge in [0.2, 0.25) is 0 Å². The highest BCUT2D eigenvalue weighted by Gasteiger charge is 2.32. The molecule has 0 fully saturated rings. The highest BCUT2D eigenvalue weighted by Crippen LogP contribution is 2.32. The lowest BCUT2D eigenvalue weighted by molar-refractivity contribution is -0.138. The zero-order chi connectivity index (χ0) is 17.1. The summed E-state index contributed by atoms with van der Waals surface area (Å²) in [5.74, 6) is 0. The number of hydrogen-bond donors (Lipinski definition) is 1. The van der Waals surface area contributed by atoms with Gasteiger partial charge in [0.25, 0.3) is 0 Å². The number of alkyl halides is 6. The summed E-state index contributed by atoms with van der Waals surface area (Å²) in [7, 11) is 0. The van der Waals surface area contributed by atoms with Gasteiger partial charge in [-0.2, -0.15) is 26.3 Å². The molecule has 124 valence electrons. The summed E-state index contributed by atoms with van der Waals surface area (Å²) in [5.41, 5.74) is -1.14. The molecule has 0 spiro atoms. The Kier molecular flexibility index (Phi) is 4.99. The first-order valence-electron chi connectivity index (χ1n) is 6.70. The zero-order valence-corrected chi connectivity index (χ0v) is 11.8. The Morgan fingerprint density at radius 3 is 2.09 bits per heavy atom. The van der Waals surface area contributed by atoms with Crippen molar-refractivity contribution < 1.29 is 26.3 Å². The fraction of sp³-hybridized carbons (Fsp3) is 0.250. The molecule has 0 aliphatic heterocycles. The van der Waals surface area contributed by atoms with Crippen LogP contribution in [0.1, 0.15) is 22.3 Å². The third-order valence-electron chi connectivity index (χ3n) is 3.22. The molecule has 0 aliphatic carbocycles. The number of rotatable bonds is 4. The number of halogens is 6. The first-order valence-corrected chi connectivity index (χ1v) is 6.70. The van der Waals surface area contributed by atoms with Crippen molar-refractivity contribution >= 4 is 0 Å². The molecule has 0 aliphatic rings. The van der Waals surface area contributed by atoms with Crippen LogP contribution in [0.3, 0.4) is 0 Å². The average molecular weight is 333 g/mol. The minimum Gasteiger partial charge on any atom is -0.309 e. The monoisotopic (exact) mass is 333 g/mol. The fourth-order valence-corrected chi connectivity index (χ4v) is 2.15. The number of benzene rings is 2. The van der Waals surface area contributed by atoms with Gasteiger partial charge in [-0.1, -0.05) is 36.4 Å². The van der Waals surface area contributed by atoms with E-state index in [0.717, 1.165) is 18.2 Å². The summed E-state index contributed by atoms with van der Waals surface area (Å²) < 4.78 is 76.3. The standard InChI is InChI=1S/C16H13F6N/c17-15(18,19)13-6-3-4-11(8-13)9-23-10-12-5-1-2-7-14(12)16(20,21)22/h1-8,23H,9-10H2. The van der Waals surface area contributed by atoms with Crippen LogP contribution in [-0.2, 0) is 25.4 Å². The van der Waals surface area contributed by atoms with Gasteiger partial charge in [0.1, 0.15) is 0 Å². The van der Waals surface area contributed by atoms with Crippen LogP contribution in [0, 0.1) is 0 Å². The molecule has 0 amide bonds. The second kappa shape index (κ2) is 6.62. The van der Waals surface area contributed by atoms with E-state index in [4.69, 9.17) is 0 Å². The van der Waals surface area contributed by atoms with Crippen LogP contribution in [0.2, 0.25) is 0 Å². The molecule has 0 saturated heterocycles. The van der Waals surface area contributed by atoms with Gasteiger partial charge in [-0.15, -0.1) is 0 Å². The van der Waals surface area contributed by atoms with E-state index in [2.05, 4.69) is 5.32 Å². The third kappa shape index (κ3) is 4.72. The Morgan fingerprint density at radius 1 is 0.739 bits per heavy atom. The summed E-state index contributed by atoms with van der Waals surface area (Å²) in [4.78, 5) is 0. The van der Waals surface area contributed by atoms with Crippen molar-refractivity contribution in [3.05, 3.63) is 70.8 Å². The normalized spacial score (nSPS) is 12.4. The third-order valence-corrected chi connectivity index (χ3v) is 3.22. The molecule has 0 saturated carbocycles. The summed E-state index contributed by atoms with van der Waals surface area (Å²) >= 11 is 0. The van der Waals surface area contributed by atoms with Crippen molar-refractivity contribution in [1.82, 2.24) is 5.32 Å². The van der Waals surface area contributed by atoms with Crippen molar-refractivity contribution in [3.8, 4) is 0 Å². The van der Waals surface area contributed by atoms with Crippen LogP contribution < -0.4 is 5.32 Å². The van der Waals surface area contributed by atoms with Gasteiger partial charge >= 0.3 is 12.4 Å². The Hall–Kier alpha value is -2.02. The minimum absolute atomic E-state index is 0.0378. The molecule has 7 heteroatoms. The van der Waals surface area contributed by atoms with Crippen molar-refractivity contribution in [2.24, 2.45) is 0 Å². The molecular weight excluding hydrogens is 320 g/mol. The van der Waals surface area contributed by atoms with Gasteiger partial charge in [-0.25, -0.2) is 0 Å². The van der Waals surface area contributed by atoms with Gasteiger partial charge < -0.3 is 5.32 Å². The van der Waals surface area contributed by atoms with Crippen molar-refractivity contribution in [2.75, 3.05) is 0 Å². The Labute approximate surface area is 128 Å². The zero-order valence-electron chi connectivity index (χ0n) is 11.8. The molecule has 0 heterocycles. The molecule has 2 rings (SSSR count). The number of hydrogen-bond acceptors (Lipinski definition) is 1. The van der Waals surface area contributed by atoms with E-state index in [1.165, 1.54) is 30.3 Å². The lowest BCUT2D eigenvalue weighted by Crippen LogP contribution is -2.17. The van der Waals surface area contributed by atoms with Crippen LogP contribution in [0.5, 0.6) is 0 Å². The first kappa shape index (κ1) is 17.3. The van der Waals surface area contributed by atoms with Gasteiger partial charge in [-0.05, 0) is 23.3 Å². The second-order valence-corrected chi connectivity index (χ2v) is 4.96. The summed E-state index contributed by atoms with van der Waals surface area (Å²) in [6, 6.07) is 9.76. The molecule has 0 radical (unpaired) electrons. The SMILES string of the molecule is FC(F)(F)c1cccc(CNCc2ccccc2C(F)(F)F)c1. The molecule has 2 aromatic rings. The highest BCUT2D eigenvalue weighted by atomic mass is 19.4. The second-order valence-electron chi connectivity index (χ2n) is 4.96. The predicted octanol–water partition coefficient (Wildman–Crippen LogP) is 5.01. The van der Waals surface area contributed by atoms with E-state index in [9.17, 15) is 26.3 Å². The van der Waals surface area contributed by atoms with Crippen molar-refractivity contribution in [3.63, 3.8) is 0 Å². The van der Waals surface area contributed by atoms with Crippen LogP contribution in [0.25, 0.3) is 0 Å². The maximum atomic E-state index is 12.8. The molecule has 0 unspecified atom stereocenters. The molecule has 0 bridgehead atoms.